The van der Waals surface area contributed by atoms with Gasteiger partial charge in [0, 0.05) is 21.1 Å². The van der Waals surface area contributed by atoms with Crippen molar-refractivity contribution in [2.75, 3.05) is 5.32 Å². The summed E-state index contributed by atoms with van der Waals surface area (Å²) in [7, 11) is 0. The summed E-state index contributed by atoms with van der Waals surface area (Å²) in [5.41, 5.74) is 1.62. The van der Waals surface area contributed by atoms with Gasteiger partial charge in [-0.2, -0.15) is 0 Å². The van der Waals surface area contributed by atoms with Gasteiger partial charge in [-0.1, -0.05) is 56.3 Å². The van der Waals surface area contributed by atoms with Gasteiger partial charge in [0.05, 0.1) is 5.41 Å². The summed E-state index contributed by atoms with van der Waals surface area (Å²) in [4.78, 5) is 17.2. The minimum Gasteiger partial charge on any atom is -0.301 e. The highest BCUT2D eigenvalue weighted by molar-refractivity contribution is 14.1. The largest absolute Gasteiger partial charge is 0.301 e. The number of aromatic nitrogens is 1. The molecule has 0 spiro atoms. The average Bonchev–Trinajstić information content (AvgIpc) is 3.11. The maximum Gasteiger partial charge on any atom is 0.232 e. The Labute approximate surface area is 165 Å². The lowest BCUT2D eigenvalue weighted by atomic mass is 9.70. The first-order valence-corrected chi connectivity index (χ1v) is 9.95. The van der Waals surface area contributed by atoms with Crippen LogP contribution in [0.15, 0.2) is 66.2 Å². The minimum atomic E-state index is -0.639. The van der Waals surface area contributed by atoms with Gasteiger partial charge in [0.2, 0.25) is 5.91 Å². The molecule has 0 bridgehead atoms. The van der Waals surface area contributed by atoms with Crippen molar-refractivity contribution in [2.24, 2.45) is 5.41 Å². The Bertz CT molecular complexity index is 830. The number of anilines is 1. The standard InChI is InChI=1S/C20H19IN2OS/c1-20(2,18(24)23-19-22-12-13-25-19)17(14-6-4-3-5-7-14)15-8-10-16(21)11-9-15/h3-13,17H,1-2H3,(H,22,23,24). The van der Waals surface area contributed by atoms with E-state index in [0.29, 0.717) is 5.13 Å². The number of nitrogens with zero attached hydrogens (tertiary/aromatic N) is 1. The molecule has 1 amide bonds. The molecule has 3 rings (SSSR count). The molecule has 1 heterocycles. The van der Waals surface area contributed by atoms with Crippen LogP contribution in [0.25, 0.3) is 0 Å². The molecule has 1 atom stereocenters. The van der Waals surface area contributed by atoms with Crippen LogP contribution in [-0.4, -0.2) is 10.9 Å². The molecule has 0 saturated carbocycles. The zero-order valence-electron chi connectivity index (χ0n) is 14.1. The predicted molar refractivity (Wildman–Crippen MR) is 112 cm³/mol. The summed E-state index contributed by atoms with van der Waals surface area (Å²) in [5, 5.41) is 5.45. The molecule has 1 unspecified atom stereocenters. The van der Waals surface area contributed by atoms with Crippen LogP contribution in [0.1, 0.15) is 30.9 Å². The Kier molecular flexibility index (Phi) is 5.54. The van der Waals surface area contributed by atoms with E-state index < -0.39 is 5.41 Å². The number of carbonyl (C=O) groups is 1. The third-order valence-electron chi connectivity index (χ3n) is 4.30. The van der Waals surface area contributed by atoms with E-state index in [9.17, 15) is 4.79 Å². The summed E-state index contributed by atoms with van der Waals surface area (Å²) < 4.78 is 1.18. The fourth-order valence-corrected chi connectivity index (χ4v) is 3.88. The predicted octanol–water partition coefficient (Wildman–Crippen LogP) is 5.54. The van der Waals surface area contributed by atoms with Gasteiger partial charge in [0.1, 0.15) is 0 Å². The lowest BCUT2D eigenvalue weighted by Gasteiger charge is -2.33. The molecule has 2 aromatic carbocycles. The van der Waals surface area contributed by atoms with E-state index in [0.717, 1.165) is 11.1 Å². The van der Waals surface area contributed by atoms with Gasteiger partial charge < -0.3 is 5.32 Å². The summed E-state index contributed by atoms with van der Waals surface area (Å²) in [6, 6.07) is 18.6. The monoisotopic (exact) mass is 462 g/mol. The first-order chi connectivity index (χ1) is 12.0. The van der Waals surface area contributed by atoms with E-state index >= 15 is 0 Å². The smallest absolute Gasteiger partial charge is 0.232 e. The molecule has 0 saturated heterocycles. The maximum absolute atomic E-state index is 13.0. The van der Waals surface area contributed by atoms with E-state index in [2.05, 4.69) is 69.3 Å². The normalized spacial score (nSPS) is 12.6. The summed E-state index contributed by atoms with van der Waals surface area (Å²) in [5.74, 6) is -0.0829. The molecule has 3 nitrogen and oxygen atoms in total. The minimum absolute atomic E-state index is 0.0325. The van der Waals surface area contributed by atoms with Crippen LogP contribution in [0.5, 0.6) is 0 Å². The van der Waals surface area contributed by atoms with Crippen molar-refractivity contribution < 1.29 is 4.79 Å². The fraction of sp³-hybridized carbons (Fsp3) is 0.200. The van der Waals surface area contributed by atoms with Crippen LogP contribution in [0.2, 0.25) is 0 Å². The number of nitrogens with one attached hydrogen (secondary N) is 1. The van der Waals surface area contributed by atoms with Gasteiger partial charge in [-0.15, -0.1) is 11.3 Å². The third kappa shape index (κ3) is 4.10. The second kappa shape index (κ2) is 7.66. The lowest BCUT2D eigenvalue weighted by Crippen LogP contribution is -2.37. The lowest BCUT2D eigenvalue weighted by molar-refractivity contribution is -0.124. The van der Waals surface area contributed by atoms with Crippen molar-refractivity contribution in [1.82, 2.24) is 4.98 Å². The number of thiazole rings is 1. The molecule has 1 aromatic heterocycles. The van der Waals surface area contributed by atoms with Gasteiger partial charge in [-0.3, -0.25) is 4.79 Å². The maximum atomic E-state index is 13.0. The number of halogens is 1. The van der Waals surface area contributed by atoms with Gasteiger partial charge in [-0.05, 0) is 45.9 Å². The topological polar surface area (TPSA) is 42.0 Å². The number of benzene rings is 2. The van der Waals surface area contributed by atoms with Crippen LogP contribution in [0.3, 0.4) is 0 Å². The quantitative estimate of drug-likeness (QED) is 0.506. The molecule has 0 fully saturated rings. The number of amides is 1. The SMILES string of the molecule is CC(C)(C(=O)Nc1nccs1)C(c1ccccc1)c1ccc(I)cc1. The number of carbonyl (C=O) groups excluding carboxylic acids is 1. The van der Waals surface area contributed by atoms with E-state index in [4.69, 9.17) is 0 Å². The zero-order valence-corrected chi connectivity index (χ0v) is 17.0. The summed E-state index contributed by atoms with van der Waals surface area (Å²) in [6.45, 7) is 3.98. The molecule has 1 N–H and O–H groups in total. The molecular formula is C20H19IN2OS. The van der Waals surface area contributed by atoms with Gasteiger partial charge in [-0.25, -0.2) is 4.98 Å². The Morgan fingerprint density at radius 3 is 2.32 bits per heavy atom. The Morgan fingerprint density at radius 2 is 1.72 bits per heavy atom. The first kappa shape index (κ1) is 18.1. The Morgan fingerprint density at radius 1 is 1.08 bits per heavy atom. The number of hydrogen-bond acceptors (Lipinski definition) is 3. The highest BCUT2D eigenvalue weighted by atomic mass is 127. The zero-order chi connectivity index (χ0) is 17.9. The molecule has 25 heavy (non-hydrogen) atoms. The second-order valence-corrected chi connectivity index (χ2v) is 8.55. The van der Waals surface area contributed by atoms with Crippen molar-refractivity contribution in [3.8, 4) is 0 Å². The van der Waals surface area contributed by atoms with Crippen molar-refractivity contribution >= 4 is 45.0 Å². The molecule has 0 aliphatic heterocycles. The van der Waals surface area contributed by atoms with E-state index in [1.54, 1.807) is 6.20 Å². The summed E-state index contributed by atoms with van der Waals surface area (Å²) in [6.07, 6.45) is 1.70. The molecule has 3 aromatic rings. The summed E-state index contributed by atoms with van der Waals surface area (Å²) >= 11 is 3.73. The van der Waals surface area contributed by atoms with Crippen LogP contribution in [-0.2, 0) is 4.79 Å². The molecule has 5 heteroatoms. The molecular weight excluding hydrogens is 443 g/mol. The Balaban J connectivity index is 2.00. The molecule has 0 aliphatic carbocycles. The van der Waals surface area contributed by atoms with Crippen LogP contribution >= 0.6 is 33.9 Å². The first-order valence-electron chi connectivity index (χ1n) is 8.00. The third-order valence-corrected chi connectivity index (χ3v) is 5.70. The molecule has 128 valence electrons. The van der Waals surface area contributed by atoms with E-state index in [-0.39, 0.29) is 11.8 Å². The average molecular weight is 462 g/mol. The van der Waals surface area contributed by atoms with E-state index in [1.165, 1.54) is 14.9 Å². The fourth-order valence-electron chi connectivity index (χ4n) is 3.00. The van der Waals surface area contributed by atoms with Crippen molar-refractivity contribution in [3.63, 3.8) is 0 Å². The van der Waals surface area contributed by atoms with Gasteiger partial charge in [0.25, 0.3) is 0 Å². The molecule has 0 aliphatic rings. The number of rotatable bonds is 5. The molecule has 0 radical (unpaired) electrons. The van der Waals surface area contributed by atoms with Crippen molar-refractivity contribution in [1.29, 1.82) is 0 Å². The van der Waals surface area contributed by atoms with Crippen LogP contribution in [0.4, 0.5) is 5.13 Å². The van der Waals surface area contributed by atoms with Crippen LogP contribution in [0, 0.1) is 8.99 Å². The van der Waals surface area contributed by atoms with Gasteiger partial charge >= 0.3 is 0 Å². The number of hydrogen-bond donors (Lipinski definition) is 1. The second-order valence-electron chi connectivity index (χ2n) is 6.41. The van der Waals surface area contributed by atoms with Crippen LogP contribution < -0.4 is 5.32 Å². The van der Waals surface area contributed by atoms with E-state index in [1.807, 2.05) is 37.4 Å². The van der Waals surface area contributed by atoms with Gasteiger partial charge in [0.15, 0.2) is 5.13 Å². The highest BCUT2D eigenvalue weighted by Crippen LogP contribution is 2.42. The highest BCUT2D eigenvalue weighted by Gasteiger charge is 2.39. The Hall–Kier alpha value is -1.73. The van der Waals surface area contributed by atoms with Crippen molar-refractivity contribution in [3.05, 3.63) is 80.9 Å². The van der Waals surface area contributed by atoms with Crippen molar-refractivity contribution in [2.45, 2.75) is 19.8 Å².